The molecule has 2 N–H and O–H groups in total. The normalized spacial score (nSPS) is 17.5. The van der Waals surface area contributed by atoms with E-state index in [0.717, 1.165) is 66.9 Å². The molecule has 0 spiro atoms. The van der Waals surface area contributed by atoms with Gasteiger partial charge in [0.05, 0.1) is 6.04 Å². The van der Waals surface area contributed by atoms with Crippen molar-refractivity contribution >= 4 is 17.9 Å². The summed E-state index contributed by atoms with van der Waals surface area (Å²) >= 11 is 0. The average Bonchev–Trinajstić information content (AvgIpc) is 3.65. The minimum absolute atomic E-state index is 0.0652. The molecule has 0 radical (unpaired) electrons. The first-order valence-electron chi connectivity index (χ1n) is 11.6. The largest absolute Gasteiger partial charge is 0.404 e. The van der Waals surface area contributed by atoms with E-state index in [-0.39, 0.29) is 5.56 Å². The maximum absolute atomic E-state index is 12.0. The number of allylic oxidation sites excluding steroid dienone is 3. The third kappa shape index (κ3) is 5.30. The summed E-state index contributed by atoms with van der Waals surface area (Å²) in [4.78, 5) is 28.1. The molecule has 2 aromatic heterocycles. The molecule has 3 heterocycles. The van der Waals surface area contributed by atoms with E-state index in [1.807, 2.05) is 18.5 Å². The first kappa shape index (κ1) is 22.7. The van der Waals surface area contributed by atoms with Crippen LogP contribution < -0.4 is 11.3 Å². The number of fused-ring (bicyclic) bond motifs is 1. The van der Waals surface area contributed by atoms with Crippen LogP contribution in [0, 0.1) is 0 Å². The van der Waals surface area contributed by atoms with E-state index in [2.05, 4.69) is 40.9 Å². The van der Waals surface area contributed by atoms with Crippen molar-refractivity contribution in [3.8, 4) is 0 Å². The topological polar surface area (TPSA) is 89.4 Å². The molecule has 0 saturated heterocycles. The lowest BCUT2D eigenvalue weighted by molar-refractivity contribution is 0.324. The van der Waals surface area contributed by atoms with Crippen LogP contribution in [0.1, 0.15) is 55.8 Å². The number of hydrogen-bond donors (Lipinski definition) is 1. The molecule has 0 unspecified atom stereocenters. The van der Waals surface area contributed by atoms with Crippen molar-refractivity contribution < 1.29 is 0 Å². The van der Waals surface area contributed by atoms with Crippen molar-refractivity contribution in [2.75, 3.05) is 6.54 Å². The molecule has 33 heavy (non-hydrogen) atoms. The predicted molar refractivity (Wildman–Crippen MR) is 134 cm³/mol. The van der Waals surface area contributed by atoms with Gasteiger partial charge in [-0.05, 0) is 49.5 Å². The lowest BCUT2D eigenvalue weighted by Gasteiger charge is -2.33. The Bertz CT molecular complexity index is 1200. The fourth-order valence-electron chi connectivity index (χ4n) is 4.04. The second kappa shape index (κ2) is 9.98. The molecule has 172 valence electrons. The summed E-state index contributed by atoms with van der Waals surface area (Å²) < 4.78 is 1.57. The molecule has 4 rings (SSSR count). The highest BCUT2D eigenvalue weighted by Crippen LogP contribution is 2.28. The highest BCUT2D eigenvalue weighted by molar-refractivity contribution is 6.09. The molecular formula is C26H32N6O. The molecule has 7 heteroatoms. The highest BCUT2D eigenvalue weighted by atomic mass is 16.1. The minimum atomic E-state index is -0.0652. The van der Waals surface area contributed by atoms with Crippen LogP contribution in [-0.4, -0.2) is 38.2 Å². The van der Waals surface area contributed by atoms with Crippen LogP contribution in [0.15, 0.2) is 57.9 Å². The van der Waals surface area contributed by atoms with E-state index in [4.69, 9.17) is 10.7 Å². The number of aromatic nitrogens is 3. The fourth-order valence-corrected chi connectivity index (χ4v) is 4.04. The number of rotatable bonds is 7. The van der Waals surface area contributed by atoms with E-state index in [9.17, 15) is 4.79 Å². The predicted octanol–water partition coefficient (Wildman–Crippen LogP) is 3.46. The molecule has 1 saturated carbocycles. The van der Waals surface area contributed by atoms with Gasteiger partial charge in [-0.25, -0.2) is 4.98 Å². The number of pyridine rings is 1. The summed E-state index contributed by atoms with van der Waals surface area (Å²) in [7, 11) is 1.75. The van der Waals surface area contributed by atoms with Crippen molar-refractivity contribution in [3.05, 3.63) is 81.1 Å². The molecule has 2 aliphatic rings. The summed E-state index contributed by atoms with van der Waals surface area (Å²) in [6.07, 6.45) is 15.3. The molecule has 1 aliphatic carbocycles. The third-order valence-corrected chi connectivity index (χ3v) is 6.11. The SMILES string of the molecule is CC/C=C(/C(C)=C\c1nccc(=O)n1C)N1CCc2ncc(/C(C=NC3CC3)=C/N)cc2C1. The zero-order valence-electron chi connectivity index (χ0n) is 19.7. The van der Waals surface area contributed by atoms with Crippen LogP contribution in [0.3, 0.4) is 0 Å². The number of nitrogens with two attached hydrogens (primary N) is 1. The number of nitrogens with zero attached hydrogens (tertiary/aromatic N) is 5. The molecule has 0 aromatic carbocycles. The monoisotopic (exact) mass is 444 g/mol. The van der Waals surface area contributed by atoms with Crippen LogP contribution >= 0.6 is 0 Å². The van der Waals surface area contributed by atoms with E-state index in [1.165, 1.54) is 11.6 Å². The van der Waals surface area contributed by atoms with Crippen molar-refractivity contribution in [3.63, 3.8) is 0 Å². The fraction of sp³-hybridized carbons (Fsp3) is 0.385. The Morgan fingerprint density at radius 1 is 1.33 bits per heavy atom. The zero-order chi connectivity index (χ0) is 23.4. The Morgan fingerprint density at radius 2 is 2.15 bits per heavy atom. The molecule has 7 nitrogen and oxygen atoms in total. The van der Waals surface area contributed by atoms with Crippen LogP contribution in [0.5, 0.6) is 0 Å². The van der Waals surface area contributed by atoms with Crippen molar-refractivity contribution in [1.82, 2.24) is 19.4 Å². The van der Waals surface area contributed by atoms with Gasteiger partial charge in [0, 0.05) is 80.0 Å². The first-order valence-corrected chi connectivity index (χ1v) is 11.6. The van der Waals surface area contributed by atoms with Gasteiger partial charge in [-0.3, -0.25) is 19.3 Å². The van der Waals surface area contributed by atoms with Gasteiger partial charge in [0.1, 0.15) is 5.82 Å². The van der Waals surface area contributed by atoms with E-state index >= 15 is 0 Å². The summed E-state index contributed by atoms with van der Waals surface area (Å²) in [5.74, 6) is 0.649. The van der Waals surface area contributed by atoms with Crippen LogP contribution in [-0.2, 0) is 20.0 Å². The molecule has 0 bridgehead atoms. The second-order valence-corrected chi connectivity index (χ2v) is 8.66. The van der Waals surface area contributed by atoms with Gasteiger partial charge in [0.25, 0.3) is 5.56 Å². The minimum Gasteiger partial charge on any atom is -0.404 e. The number of aliphatic imine (C=N–C) groups is 1. The van der Waals surface area contributed by atoms with Crippen LogP contribution in [0.2, 0.25) is 0 Å². The Kier molecular flexibility index (Phi) is 6.87. The molecule has 1 aliphatic heterocycles. The van der Waals surface area contributed by atoms with Gasteiger partial charge in [-0.2, -0.15) is 0 Å². The molecular weight excluding hydrogens is 412 g/mol. The maximum atomic E-state index is 12.0. The van der Waals surface area contributed by atoms with Gasteiger partial charge in [-0.15, -0.1) is 0 Å². The van der Waals surface area contributed by atoms with Gasteiger partial charge in [0.15, 0.2) is 0 Å². The number of hydrogen-bond acceptors (Lipinski definition) is 6. The maximum Gasteiger partial charge on any atom is 0.253 e. The summed E-state index contributed by atoms with van der Waals surface area (Å²) in [6.45, 7) is 5.87. The van der Waals surface area contributed by atoms with Crippen molar-refractivity contribution in [2.24, 2.45) is 17.8 Å². The average molecular weight is 445 g/mol. The Balaban J connectivity index is 1.60. The lowest BCUT2D eigenvalue weighted by Crippen LogP contribution is -2.31. The van der Waals surface area contributed by atoms with Gasteiger partial charge < -0.3 is 10.6 Å². The third-order valence-electron chi connectivity index (χ3n) is 6.11. The molecule has 0 amide bonds. The first-order chi connectivity index (χ1) is 16.0. The van der Waals surface area contributed by atoms with Gasteiger partial charge >= 0.3 is 0 Å². The Labute approximate surface area is 195 Å². The van der Waals surface area contributed by atoms with E-state index in [1.54, 1.807) is 24.0 Å². The van der Waals surface area contributed by atoms with E-state index < -0.39 is 0 Å². The summed E-state index contributed by atoms with van der Waals surface area (Å²) in [6, 6.07) is 4.12. The van der Waals surface area contributed by atoms with E-state index in [0.29, 0.717) is 11.9 Å². The molecule has 1 fully saturated rings. The second-order valence-electron chi connectivity index (χ2n) is 8.66. The van der Waals surface area contributed by atoms with Crippen molar-refractivity contribution in [1.29, 1.82) is 0 Å². The Hall–Kier alpha value is -3.48. The van der Waals surface area contributed by atoms with Crippen LogP contribution in [0.4, 0.5) is 0 Å². The van der Waals surface area contributed by atoms with Crippen molar-refractivity contribution in [2.45, 2.75) is 52.1 Å². The van der Waals surface area contributed by atoms with Gasteiger partial charge in [-0.1, -0.05) is 13.0 Å². The van der Waals surface area contributed by atoms with Gasteiger partial charge in [0.2, 0.25) is 0 Å². The smallest absolute Gasteiger partial charge is 0.253 e. The zero-order valence-corrected chi connectivity index (χ0v) is 19.7. The Morgan fingerprint density at radius 3 is 2.88 bits per heavy atom. The summed E-state index contributed by atoms with van der Waals surface area (Å²) in [5.41, 5.74) is 12.3. The van der Waals surface area contributed by atoms with Crippen LogP contribution in [0.25, 0.3) is 11.6 Å². The standard InChI is InChI=1S/C26H32N6O/c1-4-5-24(18(2)12-25-28-10-8-26(33)31(25)3)32-11-9-23-20(17-32)13-19(15-30-23)21(14-27)16-29-22-6-7-22/h5,8,10,12-16,22H,4,6-7,9,11,17,27H2,1-3H3/b18-12-,21-14+,24-5-,29-16?. The quantitative estimate of drug-likeness (QED) is 0.522. The molecule has 0 atom stereocenters. The highest BCUT2D eigenvalue weighted by Gasteiger charge is 2.22. The lowest BCUT2D eigenvalue weighted by atomic mass is 9.99. The molecule has 2 aromatic rings. The summed E-state index contributed by atoms with van der Waals surface area (Å²) in [5, 5.41) is 0.